The molecule has 0 aliphatic rings. The maximum atomic E-state index is 12.0. The van der Waals surface area contributed by atoms with Gasteiger partial charge >= 0.3 is 0 Å². The first-order valence-electron chi connectivity index (χ1n) is 6.88. The van der Waals surface area contributed by atoms with Crippen LogP contribution in [0.3, 0.4) is 0 Å². The van der Waals surface area contributed by atoms with Crippen LogP contribution >= 0.6 is 8.03 Å². The van der Waals surface area contributed by atoms with Gasteiger partial charge in [0.25, 0.3) is 0 Å². The molecular formula is C15H23O3P. The van der Waals surface area contributed by atoms with E-state index in [1.807, 2.05) is 13.0 Å². The molecule has 1 atom stereocenters. The van der Waals surface area contributed by atoms with Crippen molar-refractivity contribution in [3.63, 3.8) is 0 Å². The molecule has 0 saturated carbocycles. The molecule has 0 spiro atoms. The van der Waals surface area contributed by atoms with Crippen molar-refractivity contribution >= 4 is 19.1 Å². The lowest BCUT2D eigenvalue weighted by atomic mass is 10.0. The van der Waals surface area contributed by atoms with Crippen LogP contribution < -0.4 is 5.30 Å². The smallest absolute Gasteiger partial charge is 0.220 e. The highest BCUT2D eigenvalue weighted by molar-refractivity contribution is 7.48. The van der Waals surface area contributed by atoms with Gasteiger partial charge in [0.15, 0.2) is 5.78 Å². The molecular weight excluding hydrogens is 259 g/mol. The van der Waals surface area contributed by atoms with E-state index in [0.29, 0.717) is 6.42 Å². The van der Waals surface area contributed by atoms with Gasteiger partial charge in [-0.05, 0) is 30.5 Å². The second kappa shape index (κ2) is 8.29. The Labute approximate surface area is 116 Å². The second-order valence-corrected chi connectivity index (χ2v) is 6.12. The highest BCUT2D eigenvalue weighted by atomic mass is 31.1. The Morgan fingerprint density at radius 1 is 1.26 bits per heavy atom. The summed E-state index contributed by atoms with van der Waals surface area (Å²) >= 11 is 0. The molecule has 0 amide bonds. The highest BCUT2D eigenvalue weighted by Gasteiger charge is 2.12. The summed E-state index contributed by atoms with van der Waals surface area (Å²) in [5.41, 5.74) is 1.68. The molecule has 0 radical (unpaired) electrons. The van der Waals surface area contributed by atoms with E-state index in [0.717, 1.165) is 42.1 Å². The fraction of sp³-hybridized carbons (Fsp3) is 0.533. The van der Waals surface area contributed by atoms with Crippen molar-refractivity contribution in [2.24, 2.45) is 0 Å². The van der Waals surface area contributed by atoms with E-state index in [1.165, 1.54) is 7.11 Å². The summed E-state index contributed by atoms with van der Waals surface area (Å²) < 4.78 is 16.7. The summed E-state index contributed by atoms with van der Waals surface area (Å²) in [5, 5.41) is 0.736. The van der Waals surface area contributed by atoms with Crippen LogP contribution in [0.2, 0.25) is 0 Å². The molecule has 0 aliphatic carbocycles. The summed E-state index contributed by atoms with van der Waals surface area (Å²) in [4.78, 5) is 12.0. The fourth-order valence-electron chi connectivity index (χ4n) is 2.05. The van der Waals surface area contributed by atoms with Gasteiger partial charge in [-0.15, -0.1) is 0 Å². The molecule has 3 nitrogen and oxygen atoms in total. The van der Waals surface area contributed by atoms with Crippen LogP contribution in [0, 0.1) is 0 Å². The van der Waals surface area contributed by atoms with Crippen LogP contribution in [0.1, 0.15) is 55.5 Å². The number of aryl methyl sites for hydroxylation is 1. The van der Waals surface area contributed by atoms with Gasteiger partial charge in [-0.25, -0.2) is 0 Å². The van der Waals surface area contributed by atoms with Crippen LogP contribution in [0.25, 0.3) is 0 Å². The molecule has 0 aromatic heterocycles. The quantitative estimate of drug-likeness (QED) is 0.414. The number of carbonyl (C=O) groups excluding carboxylic acids is 1. The Kier molecular flexibility index (Phi) is 7.04. The Bertz CT molecular complexity index is 455. The molecule has 106 valence electrons. The zero-order valence-corrected chi connectivity index (χ0v) is 13.0. The highest BCUT2D eigenvalue weighted by Crippen LogP contribution is 2.23. The van der Waals surface area contributed by atoms with E-state index in [-0.39, 0.29) is 5.78 Å². The van der Waals surface area contributed by atoms with E-state index < -0.39 is 8.03 Å². The average molecular weight is 282 g/mol. The minimum atomic E-state index is -2.17. The third-order valence-electron chi connectivity index (χ3n) is 3.22. The minimum absolute atomic E-state index is 0.173. The summed E-state index contributed by atoms with van der Waals surface area (Å²) in [6.45, 7) is 4.12. The molecule has 19 heavy (non-hydrogen) atoms. The molecule has 1 aromatic carbocycles. The third-order valence-corrected chi connectivity index (χ3v) is 4.52. The van der Waals surface area contributed by atoms with Crippen molar-refractivity contribution in [2.45, 2.75) is 46.0 Å². The normalized spacial score (nSPS) is 12.4. The van der Waals surface area contributed by atoms with Gasteiger partial charge in [-0.1, -0.05) is 32.8 Å². The standard InChI is InChI=1S/C15H23O3P/c1-4-6-7-8-14(16)13-9-10-15(19(17)18-3)12(5-2)11-13/h9-11,19H,4-8H2,1-3H3. The van der Waals surface area contributed by atoms with Gasteiger partial charge in [-0.3, -0.25) is 9.36 Å². The first-order valence-corrected chi connectivity index (χ1v) is 8.20. The SMILES string of the molecule is CCCCCC(=O)c1ccc([PH](=O)OC)c(CC)c1. The number of unbranched alkanes of at least 4 members (excludes halogenated alkanes) is 2. The Balaban J connectivity index is 2.87. The molecule has 0 heterocycles. The van der Waals surface area contributed by atoms with Crippen molar-refractivity contribution in [1.82, 2.24) is 0 Å². The first-order chi connectivity index (χ1) is 9.13. The third kappa shape index (κ3) is 4.59. The summed E-state index contributed by atoms with van der Waals surface area (Å²) in [5.74, 6) is 0.173. The average Bonchev–Trinajstić information content (AvgIpc) is 2.45. The van der Waals surface area contributed by atoms with Crippen LogP contribution in [-0.2, 0) is 15.5 Å². The van der Waals surface area contributed by atoms with Crippen LogP contribution in [0.15, 0.2) is 18.2 Å². The van der Waals surface area contributed by atoms with Crippen LogP contribution in [-0.4, -0.2) is 12.9 Å². The molecule has 1 rings (SSSR count). The number of Topliss-reactive ketones (excluding diaryl/α,β-unsaturated/α-hetero) is 1. The lowest BCUT2D eigenvalue weighted by Crippen LogP contribution is -2.09. The number of carbonyl (C=O) groups is 1. The second-order valence-electron chi connectivity index (χ2n) is 4.60. The summed E-state index contributed by atoms with van der Waals surface area (Å²) in [6, 6.07) is 5.41. The van der Waals surface area contributed by atoms with E-state index in [2.05, 4.69) is 6.92 Å². The number of hydrogen-bond acceptors (Lipinski definition) is 3. The van der Waals surface area contributed by atoms with Crippen LogP contribution in [0.4, 0.5) is 0 Å². The zero-order chi connectivity index (χ0) is 14.3. The fourth-order valence-corrected chi connectivity index (χ4v) is 3.00. The molecule has 0 N–H and O–H groups in total. The van der Waals surface area contributed by atoms with Crippen molar-refractivity contribution < 1.29 is 13.9 Å². The van der Waals surface area contributed by atoms with Gasteiger partial charge in [0.2, 0.25) is 8.03 Å². The van der Waals surface area contributed by atoms with Gasteiger partial charge < -0.3 is 4.52 Å². The lowest BCUT2D eigenvalue weighted by Gasteiger charge is -2.09. The van der Waals surface area contributed by atoms with Crippen molar-refractivity contribution in [3.05, 3.63) is 29.3 Å². The number of hydrogen-bond donors (Lipinski definition) is 0. The predicted octanol–water partition coefficient (Wildman–Crippen LogP) is 3.76. The molecule has 0 fully saturated rings. The Hall–Kier alpha value is -0.920. The van der Waals surface area contributed by atoms with Crippen molar-refractivity contribution in [1.29, 1.82) is 0 Å². The van der Waals surface area contributed by atoms with E-state index >= 15 is 0 Å². The molecule has 1 aromatic rings. The minimum Gasteiger partial charge on any atom is -0.331 e. The maximum absolute atomic E-state index is 12.0. The lowest BCUT2D eigenvalue weighted by molar-refractivity contribution is 0.0979. The van der Waals surface area contributed by atoms with Gasteiger partial charge in [0, 0.05) is 24.4 Å². The van der Waals surface area contributed by atoms with E-state index in [1.54, 1.807) is 12.1 Å². The number of rotatable bonds is 8. The zero-order valence-electron chi connectivity index (χ0n) is 12.0. The van der Waals surface area contributed by atoms with Gasteiger partial charge in [0.05, 0.1) is 0 Å². The molecule has 0 bridgehead atoms. The Morgan fingerprint density at radius 2 is 2.00 bits per heavy atom. The van der Waals surface area contributed by atoms with E-state index in [9.17, 15) is 9.36 Å². The van der Waals surface area contributed by atoms with Crippen molar-refractivity contribution in [2.75, 3.05) is 7.11 Å². The summed E-state index contributed by atoms with van der Waals surface area (Å²) in [7, 11) is -0.723. The number of benzene rings is 1. The molecule has 1 unspecified atom stereocenters. The van der Waals surface area contributed by atoms with Crippen molar-refractivity contribution in [3.8, 4) is 0 Å². The van der Waals surface area contributed by atoms with E-state index in [4.69, 9.17) is 4.52 Å². The Morgan fingerprint density at radius 3 is 2.58 bits per heavy atom. The topological polar surface area (TPSA) is 43.4 Å². The maximum Gasteiger partial charge on any atom is 0.220 e. The van der Waals surface area contributed by atoms with Crippen LogP contribution in [0.5, 0.6) is 0 Å². The summed E-state index contributed by atoms with van der Waals surface area (Å²) in [6.07, 6.45) is 4.48. The molecule has 4 heteroatoms. The largest absolute Gasteiger partial charge is 0.331 e. The van der Waals surface area contributed by atoms with Gasteiger partial charge in [0.1, 0.15) is 0 Å². The molecule has 0 saturated heterocycles. The van der Waals surface area contributed by atoms with Gasteiger partial charge in [-0.2, -0.15) is 0 Å². The monoisotopic (exact) mass is 282 g/mol. The predicted molar refractivity (Wildman–Crippen MR) is 79.9 cm³/mol. The first kappa shape index (κ1) is 16.1. The number of ketones is 1. The molecule has 0 aliphatic heterocycles.